The molecule has 0 unspecified atom stereocenters. The monoisotopic (exact) mass is 212 g/mol. The molecule has 1 saturated carbocycles. The Kier molecular flexibility index (Phi) is 4.78. The maximum Gasteiger partial charge on any atom is 0.164 e. The van der Waals surface area contributed by atoms with Gasteiger partial charge in [0.15, 0.2) is 5.78 Å². The molecule has 0 aromatic heterocycles. The summed E-state index contributed by atoms with van der Waals surface area (Å²) in [5.74, 6) is 0.759. The predicted molar refractivity (Wildman–Crippen MR) is 61.9 cm³/mol. The summed E-state index contributed by atoms with van der Waals surface area (Å²) in [5.41, 5.74) is -0.444. The Labute approximate surface area is 93.4 Å². The van der Waals surface area contributed by atoms with Gasteiger partial charge in [0.2, 0.25) is 0 Å². The summed E-state index contributed by atoms with van der Waals surface area (Å²) in [6.45, 7) is 4.19. The first-order valence-corrected chi connectivity index (χ1v) is 6.19. The average molecular weight is 212 g/mol. The van der Waals surface area contributed by atoms with E-state index < -0.39 is 5.60 Å². The predicted octanol–water partition coefficient (Wildman–Crippen LogP) is 3.34. The molecule has 2 heteroatoms. The first-order chi connectivity index (χ1) is 7.10. The van der Waals surface area contributed by atoms with Crippen LogP contribution in [0, 0.1) is 5.92 Å². The van der Waals surface area contributed by atoms with E-state index in [0.29, 0.717) is 18.1 Å². The van der Waals surface area contributed by atoms with Crippen molar-refractivity contribution in [1.29, 1.82) is 0 Å². The van der Waals surface area contributed by atoms with Crippen molar-refractivity contribution in [3.8, 4) is 0 Å². The lowest BCUT2D eigenvalue weighted by Gasteiger charge is -2.30. The molecule has 0 aromatic carbocycles. The van der Waals surface area contributed by atoms with Crippen LogP contribution in [0.1, 0.15) is 58.8 Å². The van der Waals surface area contributed by atoms with E-state index in [-0.39, 0.29) is 0 Å². The minimum atomic E-state index is -0.444. The highest BCUT2D eigenvalue weighted by Gasteiger charge is 2.37. The Hall–Kier alpha value is -0.370. The van der Waals surface area contributed by atoms with Gasteiger partial charge < -0.3 is 4.74 Å². The largest absolute Gasteiger partial charge is 0.370 e. The van der Waals surface area contributed by atoms with Crippen LogP contribution in [0.15, 0.2) is 0 Å². The Morgan fingerprint density at radius 3 is 2.13 bits per heavy atom. The number of methoxy groups -OCH3 is 1. The fourth-order valence-corrected chi connectivity index (χ4v) is 2.45. The molecule has 1 aliphatic carbocycles. The summed E-state index contributed by atoms with van der Waals surface area (Å²) >= 11 is 0. The minimum absolute atomic E-state index is 0.321. The second-order valence-corrected chi connectivity index (χ2v) is 5.13. The van der Waals surface area contributed by atoms with Crippen LogP contribution in [0.2, 0.25) is 0 Å². The molecular formula is C13H24O2. The van der Waals surface area contributed by atoms with Gasteiger partial charge in [-0.3, -0.25) is 4.79 Å². The van der Waals surface area contributed by atoms with Crippen molar-refractivity contribution >= 4 is 5.78 Å². The smallest absolute Gasteiger partial charge is 0.164 e. The van der Waals surface area contributed by atoms with Crippen LogP contribution in [0.25, 0.3) is 0 Å². The van der Waals surface area contributed by atoms with E-state index in [2.05, 4.69) is 13.8 Å². The zero-order valence-corrected chi connectivity index (χ0v) is 10.3. The molecule has 0 bridgehead atoms. The van der Waals surface area contributed by atoms with Crippen molar-refractivity contribution in [1.82, 2.24) is 0 Å². The van der Waals surface area contributed by atoms with Gasteiger partial charge in [-0.15, -0.1) is 0 Å². The molecule has 1 aliphatic rings. The number of carbonyl (C=O) groups is 1. The molecule has 0 N–H and O–H groups in total. The van der Waals surface area contributed by atoms with Crippen LogP contribution < -0.4 is 0 Å². The van der Waals surface area contributed by atoms with Crippen molar-refractivity contribution in [2.24, 2.45) is 5.92 Å². The lowest BCUT2D eigenvalue weighted by Crippen LogP contribution is -2.40. The Balaban J connectivity index is 2.68. The van der Waals surface area contributed by atoms with Gasteiger partial charge in [0.1, 0.15) is 5.60 Å². The van der Waals surface area contributed by atoms with E-state index in [1.807, 2.05) is 0 Å². The van der Waals surface area contributed by atoms with Crippen molar-refractivity contribution in [2.45, 2.75) is 64.4 Å². The number of hydrogen-bond acceptors (Lipinski definition) is 2. The second-order valence-electron chi connectivity index (χ2n) is 5.13. The zero-order valence-electron chi connectivity index (χ0n) is 10.3. The van der Waals surface area contributed by atoms with Gasteiger partial charge in [-0.1, -0.05) is 39.5 Å². The number of Topliss-reactive ketones (excluding diaryl/α,β-unsaturated/α-hetero) is 1. The molecule has 0 amide bonds. The lowest BCUT2D eigenvalue weighted by molar-refractivity contribution is -0.143. The van der Waals surface area contributed by atoms with E-state index in [9.17, 15) is 4.79 Å². The van der Waals surface area contributed by atoms with E-state index in [1.54, 1.807) is 7.11 Å². The van der Waals surface area contributed by atoms with Gasteiger partial charge in [0, 0.05) is 13.5 Å². The molecule has 88 valence electrons. The zero-order chi connectivity index (χ0) is 11.3. The maximum atomic E-state index is 12.2. The average Bonchev–Trinajstić information content (AvgIpc) is 2.42. The number of hydrogen-bond donors (Lipinski definition) is 0. The van der Waals surface area contributed by atoms with Crippen LogP contribution >= 0.6 is 0 Å². The summed E-state index contributed by atoms with van der Waals surface area (Å²) in [6.07, 6.45) is 7.29. The summed E-state index contributed by atoms with van der Waals surface area (Å²) in [6, 6.07) is 0. The van der Waals surface area contributed by atoms with Crippen LogP contribution in [0.5, 0.6) is 0 Å². The molecular weight excluding hydrogens is 188 g/mol. The molecule has 1 rings (SSSR count). The summed E-state index contributed by atoms with van der Waals surface area (Å²) in [7, 11) is 1.70. The van der Waals surface area contributed by atoms with Crippen molar-refractivity contribution in [3.05, 3.63) is 0 Å². The third-order valence-corrected chi connectivity index (χ3v) is 3.40. The van der Waals surface area contributed by atoms with Gasteiger partial charge >= 0.3 is 0 Å². The van der Waals surface area contributed by atoms with Crippen LogP contribution in [-0.2, 0) is 9.53 Å². The standard InChI is InChI=1S/C13H24O2/c1-11(2)10-12(14)13(15-3)8-6-4-5-7-9-13/h11H,4-10H2,1-3H3. The van der Waals surface area contributed by atoms with E-state index in [1.165, 1.54) is 12.8 Å². The Bertz CT molecular complexity index is 201. The number of carbonyl (C=O) groups excluding carboxylic acids is 1. The first-order valence-electron chi connectivity index (χ1n) is 6.19. The second kappa shape index (κ2) is 5.64. The molecule has 15 heavy (non-hydrogen) atoms. The fourth-order valence-electron chi connectivity index (χ4n) is 2.45. The molecule has 0 aromatic rings. The SMILES string of the molecule is COC1(C(=O)CC(C)C)CCCCCC1. The Morgan fingerprint density at radius 1 is 1.20 bits per heavy atom. The molecule has 0 aliphatic heterocycles. The summed E-state index contributed by atoms with van der Waals surface area (Å²) < 4.78 is 5.57. The van der Waals surface area contributed by atoms with Crippen molar-refractivity contribution in [3.63, 3.8) is 0 Å². The van der Waals surface area contributed by atoms with E-state index >= 15 is 0 Å². The number of ketones is 1. The third-order valence-electron chi connectivity index (χ3n) is 3.40. The van der Waals surface area contributed by atoms with E-state index in [0.717, 1.165) is 25.7 Å². The quantitative estimate of drug-likeness (QED) is 0.668. The van der Waals surface area contributed by atoms with Gasteiger partial charge in [0.25, 0.3) is 0 Å². The molecule has 0 heterocycles. The summed E-state index contributed by atoms with van der Waals surface area (Å²) in [4.78, 5) is 12.2. The molecule has 0 spiro atoms. The normalized spacial score (nSPS) is 21.3. The minimum Gasteiger partial charge on any atom is -0.370 e. The van der Waals surface area contributed by atoms with Gasteiger partial charge in [-0.2, -0.15) is 0 Å². The topological polar surface area (TPSA) is 26.3 Å². The molecule has 0 saturated heterocycles. The van der Waals surface area contributed by atoms with Crippen LogP contribution in [-0.4, -0.2) is 18.5 Å². The van der Waals surface area contributed by atoms with Crippen molar-refractivity contribution in [2.75, 3.05) is 7.11 Å². The highest BCUT2D eigenvalue weighted by molar-refractivity contribution is 5.87. The first kappa shape index (κ1) is 12.7. The Morgan fingerprint density at radius 2 is 1.73 bits per heavy atom. The van der Waals surface area contributed by atoms with Crippen LogP contribution in [0.4, 0.5) is 0 Å². The lowest BCUT2D eigenvalue weighted by atomic mass is 9.85. The molecule has 0 radical (unpaired) electrons. The maximum absolute atomic E-state index is 12.2. The van der Waals surface area contributed by atoms with Gasteiger partial charge in [-0.05, 0) is 18.8 Å². The van der Waals surface area contributed by atoms with Gasteiger partial charge in [-0.25, -0.2) is 0 Å². The number of rotatable bonds is 4. The van der Waals surface area contributed by atoms with Gasteiger partial charge in [0.05, 0.1) is 0 Å². The highest BCUT2D eigenvalue weighted by atomic mass is 16.5. The number of ether oxygens (including phenoxy) is 1. The third kappa shape index (κ3) is 3.30. The molecule has 1 fully saturated rings. The van der Waals surface area contributed by atoms with Crippen molar-refractivity contribution < 1.29 is 9.53 Å². The highest BCUT2D eigenvalue weighted by Crippen LogP contribution is 2.32. The summed E-state index contributed by atoms with van der Waals surface area (Å²) in [5, 5.41) is 0. The van der Waals surface area contributed by atoms with Crippen LogP contribution in [0.3, 0.4) is 0 Å². The molecule has 0 atom stereocenters. The van der Waals surface area contributed by atoms with E-state index in [4.69, 9.17) is 4.74 Å². The molecule has 2 nitrogen and oxygen atoms in total. The fraction of sp³-hybridized carbons (Fsp3) is 0.923.